The molecule has 1 unspecified atom stereocenters. The maximum atomic E-state index is 13.0. The summed E-state index contributed by atoms with van der Waals surface area (Å²) >= 11 is 1.41. The van der Waals surface area contributed by atoms with Crippen LogP contribution in [0.2, 0.25) is 0 Å². The summed E-state index contributed by atoms with van der Waals surface area (Å²) in [6, 6.07) is 8.15. The molecule has 1 aromatic carbocycles. The molecule has 4 rings (SSSR count). The fourth-order valence-electron chi connectivity index (χ4n) is 5.04. The minimum absolute atomic E-state index is 0.0865. The van der Waals surface area contributed by atoms with Crippen LogP contribution in [-0.4, -0.2) is 50.5 Å². The summed E-state index contributed by atoms with van der Waals surface area (Å²) in [6.07, 6.45) is 2.39. The number of sulfonamides is 1. The van der Waals surface area contributed by atoms with E-state index >= 15 is 0 Å². The number of ether oxygens (including phenoxy) is 1. The van der Waals surface area contributed by atoms with Crippen LogP contribution in [0.15, 0.2) is 29.2 Å². The van der Waals surface area contributed by atoms with E-state index in [-0.39, 0.29) is 28.0 Å². The zero-order chi connectivity index (χ0) is 25.6. The van der Waals surface area contributed by atoms with Crippen molar-refractivity contribution < 1.29 is 17.9 Å². The zero-order valence-corrected chi connectivity index (χ0v) is 22.4. The molecule has 0 spiro atoms. The van der Waals surface area contributed by atoms with Crippen LogP contribution in [0.5, 0.6) is 0 Å². The first-order chi connectivity index (χ1) is 16.3. The van der Waals surface area contributed by atoms with Gasteiger partial charge in [-0.1, -0.05) is 0 Å². The van der Waals surface area contributed by atoms with Gasteiger partial charge in [0.05, 0.1) is 16.6 Å². The van der Waals surface area contributed by atoms with Gasteiger partial charge in [-0.15, -0.1) is 11.3 Å². The van der Waals surface area contributed by atoms with Crippen molar-refractivity contribution in [1.82, 2.24) is 9.62 Å². The lowest BCUT2D eigenvalue weighted by Gasteiger charge is -2.42. The highest BCUT2D eigenvalue weighted by molar-refractivity contribution is 7.89. The van der Waals surface area contributed by atoms with Crippen LogP contribution in [0, 0.1) is 11.3 Å². The van der Waals surface area contributed by atoms with E-state index in [2.05, 4.69) is 44.4 Å². The van der Waals surface area contributed by atoms with Gasteiger partial charge in [0.1, 0.15) is 11.1 Å². The summed E-state index contributed by atoms with van der Waals surface area (Å²) in [5, 5.41) is 16.9. The number of amides is 1. The molecule has 1 aromatic heterocycles. The molecule has 2 aliphatic rings. The summed E-state index contributed by atoms with van der Waals surface area (Å²) < 4.78 is 32.7. The van der Waals surface area contributed by atoms with Gasteiger partial charge in [-0.3, -0.25) is 4.79 Å². The summed E-state index contributed by atoms with van der Waals surface area (Å²) in [5.41, 5.74) is 1.27. The predicted octanol–water partition coefficient (Wildman–Crippen LogP) is 3.83. The van der Waals surface area contributed by atoms with Crippen molar-refractivity contribution in [2.75, 3.05) is 25.5 Å². The molecule has 35 heavy (non-hydrogen) atoms. The Hall–Kier alpha value is -2.29. The van der Waals surface area contributed by atoms with Crippen LogP contribution in [0.25, 0.3) is 0 Å². The number of anilines is 1. The molecule has 1 saturated heterocycles. The number of nitriles is 1. The first-order valence-electron chi connectivity index (χ1n) is 11.7. The van der Waals surface area contributed by atoms with Gasteiger partial charge >= 0.3 is 0 Å². The molecule has 188 valence electrons. The average Bonchev–Trinajstić information content (AvgIpc) is 3.40. The normalized spacial score (nSPS) is 20.9. The Morgan fingerprint density at radius 1 is 1.29 bits per heavy atom. The van der Waals surface area contributed by atoms with Gasteiger partial charge in [-0.2, -0.15) is 9.57 Å². The van der Waals surface area contributed by atoms with Crippen molar-refractivity contribution in [3.05, 3.63) is 45.8 Å². The van der Waals surface area contributed by atoms with Crippen molar-refractivity contribution in [3.63, 3.8) is 0 Å². The Morgan fingerprint density at radius 2 is 1.97 bits per heavy atom. The molecule has 0 bridgehead atoms. The quantitative estimate of drug-likeness (QED) is 0.604. The minimum Gasteiger partial charge on any atom is -0.377 e. The van der Waals surface area contributed by atoms with E-state index in [1.165, 1.54) is 47.0 Å². The van der Waals surface area contributed by atoms with Crippen molar-refractivity contribution in [3.8, 4) is 6.07 Å². The summed E-state index contributed by atoms with van der Waals surface area (Å²) in [7, 11) is -2.15. The third-order valence-corrected chi connectivity index (χ3v) is 9.80. The smallest absolute Gasteiger partial charge is 0.256 e. The van der Waals surface area contributed by atoms with E-state index in [9.17, 15) is 18.5 Å². The number of likely N-dealkylation sites (N-methyl/N-ethyl adjacent to an activating group) is 1. The van der Waals surface area contributed by atoms with Crippen LogP contribution < -0.4 is 10.6 Å². The third kappa shape index (κ3) is 5.15. The van der Waals surface area contributed by atoms with E-state index in [0.29, 0.717) is 35.7 Å². The average molecular weight is 517 g/mol. The van der Waals surface area contributed by atoms with Crippen LogP contribution in [0.4, 0.5) is 5.00 Å². The molecule has 1 atom stereocenters. The van der Waals surface area contributed by atoms with Gasteiger partial charge in [0, 0.05) is 41.7 Å². The molecule has 2 N–H and O–H groups in total. The Morgan fingerprint density at radius 3 is 2.57 bits per heavy atom. The maximum absolute atomic E-state index is 13.0. The van der Waals surface area contributed by atoms with Gasteiger partial charge in [-0.25, -0.2) is 8.42 Å². The topological polar surface area (TPSA) is 112 Å². The van der Waals surface area contributed by atoms with Gasteiger partial charge in [0.25, 0.3) is 5.91 Å². The number of thiophene rings is 1. The number of nitrogens with zero attached hydrogens (tertiary/aromatic N) is 2. The minimum atomic E-state index is -3.69. The lowest BCUT2D eigenvalue weighted by atomic mass is 9.81. The monoisotopic (exact) mass is 516 g/mol. The summed E-state index contributed by atoms with van der Waals surface area (Å²) in [4.78, 5) is 14.2. The first kappa shape index (κ1) is 25.8. The molecule has 0 saturated carbocycles. The molecule has 2 aliphatic heterocycles. The van der Waals surface area contributed by atoms with Crippen molar-refractivity contribution in [2.24, 2.45) is 0 Å². The van der Waals surface area contributed by atoms with Crippen LogP contribution in [0.3, 0.4) is 0 Å². The van der Waals surface area contributed by atoms with E-state index in [0.717, 1.165) is 23.3 Å². The van der Waals surface area contributed by atoms with Crippen LogP contribution in [-0.2, 0) is 26.7 Å². The number of carbonyl (C=O) groups is 1. The predicted molar refractivity (Wildman–Crippen MR) is 136 cm³/mol. The lowest BCUT2D eigenvalue weighted by molar-refractivity contribution is 0.0979. The summed E-state index contributed by atoms with van der Waals surface area (Å²) in [6.45, 7) is 9.31. The highest BCUT2D eigenvalue weighted by Crippen LogP contribution is 2.44. The number of fused-ring (bicyclic) bond motifs is 1. The van der Waals surface area contributed by atoms with E-state index in [1.807, 2.05) is 0 Å². The van der Waals surface area contributed by atoms with Crippen molar-refractivity contribution in [2.45, 2.75) is 69.0 Å². The molecule has 10 heteroatoms. The number of nitrogens with one attached hydrogen (secondary N) is 2. The van der Waals surface area contributed by atoms with Gasteiger partial charge < -0.3 is 15.4 Å². The molecule has 0 aliphatic carbocycles. The van der Waals surface area contributed by atoms with Gasteiger partial charge in [0.2, 0.25) is 10.0 Å². The molecule has 1 amide bonds. The maximum Gasteiger partial charge on any atom is 0.256 e. The molecule has 3 heterocycles. The Labute approximate surface area is 211 Å². The Balaban J connectivity index is 1.53. The largest absolute Gasteiger partial charge is 0.377 e. The number of rotatable bonds is 6. The van der Waals surface area contributed by atoms with E-state index in [4.69, 9.17) is 4.74 Å². The number of hydrogen-bond acceptors (Lipinski definition) is 7. The molecule has 2 aromatic rings. The highest BCUT2D eigenvalue weighted by atomic mass is 32.2. The lowest BCUT2D eigenvalue weighted by Crippen LogP contribution is -2.54. The number of carbonyl (C=O) groups excluding carboxylic acids is 1. The van der Waals surface area contributed by atoms with Crippen molar-refractivity contribution in [1.29, 1.82) is 5.26 Å². The Bertz CT molecular complexity index is 1270. The second kappa shape index (κ2) is 9.30. The SMILES string of the molecule is CN(CC1CCCO1)S(=O)(=O)c1ccc(C(=O)Nc2sc3c(c2C#N)CC(C)(C)NC3(C)C)cc1. The first-order valence-corrected chi connectivity index (χ1v) is 13.9. The zero-order valence-electron chi connectivity index (χ0n) is 20.8. The summed E-state index contributed by atoms with van der Waals surface area (Å²) in [5.74, 6) is -0.387. The second-order valence-electron chi connectivity index (χ2n) is 10.4. The van der Waals surface area contributed by atoms with Crippen LogP contribution in [0.1, 0.15) is 66.9 Å². The van der Waals surface area contributed by atoms with Crippen molar-refractivity contribution >= 4 is 32.3 Å². The number of benzene rings is 1. The van der Waals surface area contributed by atoms with Crippen LogP contribution >= 0.6 is 11.3 Å². The number of hydrogen-bond donors (Lipinski definition) is 2. The second-order valence-corrected chi connectivity index (χ2v) is 13.5. The molecule has 0 radical (unpaired) electrons. The highest BCUT2D eigenvalue weighted by Gasteiger charge is 2.40. The fraction of sp³-hybridized carbons (Fsp3) is 0.520. The van der Waals surface area contributed by atoms with E-state index < -0.39 is 10.0 Å². The van der Waals surface area contributed by atoms with Gasteiger partial charge in [0.15, 0.2) is 0 Å². The Kier molecular flexibility index (Phi) is 6.85. The third-order valence-electron chi connectivity index (χ3n) is 6.49. The molecule has 1 fully saturated rings. The fourth-order valence-corrected chi connectivity index (χ4v) is 7.47. The molecule has 8 nitrogen and oxygen atoms in total. The standard InChI is InChI=1S/C25H32N4O4S2/c1-24(2)13-19-20(14-26)23(34-21(19)25(3,4)28-24)27-22(30)16-8-10-18(11-9-16)35(31,32)29(5)15-17-7-6-12-33-17/h8-11,17,28H,6-7,12-13,15H2,1-5H3,(H,27,30). The van der Waals surface area contributed by atoms with Gasteiger partial charge in [-0.05, 0) is 76.8 Å². The molecular weight excluding hydrogens is 484 g/mol. The van der Waals surface area contributed by atoms with E-state index in [1.54, 1.807) is 0 Å². The molecular formula is C25H32N4O4S2.